The maximum atomic E-state index is 13.6. The fourth-order valence-electron chi connectivity index (χ4n) is 1.97. The SMILES string of the molecule is Nc1ccc(S(=O)(=O)NC2(CO)CCC2)c(F)c1. The quantitative estimate of drug-likeness (QED) is 0.701. The Morgan fingerprint density at radius 3 is 2.56 bits per heavy atom. The first kappa shape index (κ1) is 13.3. The van der Waals surface area contributed by atoms with Gasteiger partial charge in [-0.15, -0.1) is 0 Å². The van der Waals surface area contributed by atoms with E-state index in [4.69, 9.17) is 5.73 Å². The molecule has 0 spiro atoms. The van der Waals surface area contributed by atoms with E-state index in [1.54, 1.807) is 0 Å². The summed E-state index contributed by atoms with van der Waals surface area (Å²) < 4.78 is 40.0. The number of hydrogen-bond acceptors (Lipinski definition) is 4. The second-order valence-electron chi connectivity index (χ2n) is 4.59. The molecule has 5 nitrogen and oxygen atoms in total. The molecule has 1 aliphatic rings. The van der Waals surface area contributed by atoms with Gasteiger partial charge in [0.25, 0.3) is 0 Å². The van der Waals surface area contributed by atoms with Gasteiger partial charge in [-0.05, 0) is 37.5 Å². The lowest BCUT2D eigenvalue weighted by molar-refractivity contribution is 0.110. The lowest BCUT2D eigenvalue weighted by Gasteiger charge is -2.40. The molecule has 0 heterocycles. The monoisotopic (exact) mass is 274 g/mol. The number of hydrogen-bond donors (Lipinski definition) is 3. The zero-order valence-corrected chi connectivity index (χ0v) is 10.5. The maximum Gasteiger partial charge on any atom is 0.244 e. The number of benzene rings is 1. The number of nitrogen functional groups attached to an aromatic ring is 1. The first-order chi connectivity index (χ1) is 8.38. The van der Waals surface area contributed by atoms with Crippen LogP contribution in [-0.4, -0.2) is 25.7 Å². The number of rotatable bonds is 4. The largest absolute Gasteiger partial charge is 0.399 e. The minimum Gasteiger partial charge on any atom is -0.399 e. The van der Waals surface area contributed by atoms with Crippen LogP contribution in [0.25, 0.3) is 0 Å². The smallest absolute Gasteiger partial charge is 0.244 e. The minimum atomic E-state index is -3.98. The van der Waals surface area contributed by atoms with Crippen molar-refractivity contribution >= 4 is 15.7 Å². The van der Waals surface area contributed by atoms with E-state index in [-0.39, 0.29) is 12.3 Å². The predicted molar refractivity (Wildman–Crippen MR) is 64.8 cm³/mol. The number of sulfonamides is 1. The lowest BCUT2D eigenvalue weighted by atomic mass is 9.78. The molecule has 0 saturated heterocycles. The van der Waals surface area contributed by atoms with Crippen molar-refractivity contribution in [2.75, 3.05) is 12.3 Å². The topological polar surface area (TPSA) is 92.4 Å². The Labute approximate surface area is 105 Å². The molecular weight excluding hydrogens is 259 g/mol. The number of halogens is 1. The second-order valence-corrected chi connectivity index (χ2v) is 6.24. The van der Waals surface area contributed by atoms with E-state index in [2.05, 4.69) is 4.72 Å². The van der Waals surface area contributed by atoms with E-state index >= 15 is 0 Å². The van der Waals surface area contributed by atoms with Crippen molar-refractivity contribution in [3.63, 3.8) is 0 Å². The van der Waals surface area contributed by atoms with E-state index < -0.39 is 26.3 Å². The molecule has 0 amide bonds. The van der Waals surface area contributed by atoms with Crippen molar-refractivity contribution in [1.82, 2.24) is 4.72 Å². The average Bonchev–Trinajstić information content (AvgIpc) is 2.23. The Morgan fingerprint density at radius 2 is 2.11 bits per heavy atom. The van der Waals surface area contributed by atoms with Gasteiger partial charge in [-0.3, -0.25) is 0 Å². The molecule has 7 heteroatoms. The first-order valence-corrected chi connectivity index (χ1v) is 7.07. The summed E-state index contributed by atoms with van der Waals surface area (Å²) in [4.78, 5) is -0.448. The molecule has 1 fully saturated rings. The van der Waals surface area contributed by atoms with Gasteiger partial charge in [-0.25, -0.2) is 17.5 Å². The fraction of sp³-hybridized carbons (Fsp3) is 0.455. The van der Waals surface area contributed by atoms with Gasteiger partial charge in [0.15, 0.2) is 0 Å². The van der Waals surface area contributed by atoms with Crippen LogP contribution in [0.5, 0.6) is 0 Å². The number of aliphatic hydroxyl groups excluding tert-OH is 1. The zero-order chi connectivity index (χ0) is 13.4. The highest BCUT2D eigenvalue weighted by Gasteiger charge is 2.40. The highest BCUT2D eigenvalue weighted by Crippen LogP contribution is 2.33. The molecule has 1 aromatic rings. The van der Waals surface area contributed by atoms with Crippen LogP contribution < -0.4 is 10.5 Å². The third-order valence-corrected chi connectivity index (χ3v) is 4.82. The summed E-state index contributed by atoms with van der Waals surface area (Å²) in [6.07, 6.45) is 1.95. The third kappa shape index (κ3) is 2.33. The van der Waals surface area contributed by atoms with Crippen LogP contribution in [0.3, 0.4) is 0 Å². The summed E-state index contributed by atoms with van der Waals surface area (Å²) >= 11 is 0. The maximum absolute atomic E-state index is 13.6. The summed E-state index contributed by atoms with van der Waals surface area (Å²) in [5.74, 6) is -0.894. The van der Waals surface area contributed by atoms with Crippen LogP contribution in [0.4, 0.5) is 10.1 Å². The van der Waals surface area contributed by atoms with Crippen molar-refractivity contribution in [2.24, 2.45) is 0 Å². The normalized spacial score (nSPS) is 18.3. The van der Waals surface area contributed by atoms with Crippen LogP contribution in [-0.2, 0) is 10.0 Å². The summed E-state index contributed by atoms with van der Waals surface area (Å²) in [5.41, 5.74) is 4.68. The van der Waals surface area contributed by atoms with Crippen LogP contribution in [0.15, 0.2) is 23.1 Å². The van der Waals surface area contributed by atoms with Gasteiger partial charge in [-0.1, -0.05) is 0 Å². The Morgan fingerprint density at radius 1 is 1.44 bits per heavy atom. The third-order valence-electron chi connectivity index (χ3n) is 3.21. The fourth-order valence-corrected chi connectivity index (χ4v) is 3.48. The molecule has 0 bridgehead atoms. The molecule has 18 heavy (non-hydrogen) atoms. The highest BCUT2D eigenvalue weighted by atomic mass is 32.2. The van der Waals surface area contributed by atoms with Crippen LogP contribution in [0, 0.1) is 5.82 Å². The number of nitrogens with two attached hydrogens (primary N) is 1. The van der Waals surface area contributed by atoms with Crippen LogP contribution in [0.2, 0.25) is 0 Å². The molecular formula is C11H15FN2O3S. The van der Waals surface area contributed by atoms with Gasteiger partial charge < -0.3 is 10.8 Å². The van der Waals surface area contributed by atoms with Crippen LogP contribution >= 0.6 is 0 Å². The number of anilines is 1. The van der Waals surface area contributed by atoms with Crippen molar-refractivity contribution < 1.29 is 17.9 Å². The molecule has 0 radical (unpaired) electrons. The summed E-state index contributed by atoms with van der Waals surface area (Å²) in [7, 11) is -3.98. The van der Waals surface area contributed by atoms with Crippen molar-refractivity contribution in [1.29, 1.82) is 0 Å². The van der Waals surface area contributed by atoms with Gasteiger partial charge in [0.2, 0.25) is 10.0 Å². The van der Waals surface area contributed by atoms with Crippen LogP contribution in [0.1, 0.15) is 19.3 Å². The number of nitrogens with one attached hydrogen (secondary N) is 1. The Kier molecular flexibility index (Phi) is 3.31. The Balaban J connectivity index is 2.31. The van der Waals surface area contributed by atoms with Gasteiger partial charge in [0.1, 0.15) is 10.7 Å². The molecule has 0 aliphatic heterocycles. The minimum absolute atomic E-state index is 0.159. The van der Waals surface area contributed by atoms with Crippen molar-refractivity contribution in [3.8, 4) is 0 Å². The molecule has 1 aromatic carbocycles. The van der Waals surface area contributed by atoms with E-state index in [1.807, 2.05) is 0 Å². The average molecular weight is 274 g/mol. The molecule has 100 valence electrons. The molecule has 0 unspecified atom stereocenters. The molecule has 1 aliphatic carbocycles. The van der Waals surface area contributed by atoms with Crippen molar-refractivity contribution in [2.45, 2.75) is 29.7 Å². The van der Waals surface area contributed by atoms with Gasteiger partial charge in [0, 0.05) is 5.69 Å². The van der Waals surface area contributed by atoms with Gasteiger partial charge in [0.05, 0.1) is 12.1 Å². The van der Waals surface area contributed by atoms with Gasteiger partial charge in [-0.2, -0.15) is 0 Å². The molecule has 2 rings (SSSR count). The molecule has 0 aromatic heterocycles. The van der Waals surface area contributed by atoms with E-state index in [9.17, 15) is 17.9 Å². The van der Waals surface area contributed by atoms with E-state index in [0.29, 0.717) is 12.8 Å². The second kappa shape index (κ2) is 4.49. The Bertz CT molecular complexity index is 550. The highest BCUT2D eigenvalue weighted by molar-refractivity contribution is 7.89. The summed E-state index contributed by atoms with van der Waals surface area (Å²) in [5, 5.41) is 9.22. The predicted octanol–water partition coefficient (Wildman–Crippen LogP) is 0.601. The molecule has 4 N–H and O–H groups in total. The first-order valence-electron chi connectivity index (χ1n) is 5.58. The van der Waals surface area contributed by atoms with Gasteiger partial charge >= 0.3 is 0 Å². The summed E-state index contributed by atoms with van der Waals surface area (Å²) in [6.45, 7) is -0.289. The standard InChI is InChI=1S/C11H15FN2O3S/c12-9-6-8(13)2-3-10(9)18(16,17)14-11(7-15)4-1-5-11/h2-3,6,14-15H,1,4-5,7,13H2. The number of aliphatic hydroxyl groups is 1. The zero-order valence-electron chi connectivity index (χ0n) is 9.69. The van der Waals surface area contributed by atoms with Crippen molar-refractivity contribution in [3.05, 3.63) is 24.0 Å². The Hall–Kier alpha value is -1.18. The van der Waals surface area contributed by atoms with E-state index in [0.717, 1.165) is 18.6 Å². The molecule has 1 saturated carbocycles. The van der Waals surface area contributed by atoms with E-state index in [1.165, 1.54) is 6.07 Å². The summed E-state index contributed by atoms with van der Waals surface area (Å²) in [6, 6.07) is 3.40. The molecule has 0 atom stereocenters. The lowest BCUT2D eigenvalue weighted by Crippen LogP contribution is -2.56.